The van der Waals surface area contributed by atoms with Gasteiger partial charge in [-0.2, -0.15) is 0 Å². The molecule has 0 radical (unpaired) electrons. The van der Waals surface area contributed by atoms with E-state index in [0.29, 0.717) is 22.9 Å². The predicted molar refractivity (Wildman–Crippen MR) is 96.0 cm³/mol. The molecule has 0 saturated carbocycles. The number of rotatable bonds is 6. The number of ether oxygens (including phenoxy) is 1. The minimum absolute atomic E-state index is 0.202. The van der Waals surface area contributed by atoms with Gasteiger partial charge in [0.05, 0.1) is 27.8 Å². The summed E-state index contributed by atoms with van der Waals surface area (Å²) in [6.07, 6.45) is 1.80. The normalized spacial score (nSPS) is 10.3. The van der Waals surface area contributed by atoms with Gasteiger partial charge >= 0.3 is 5.97 Å². The van der Waals surface area contributed by atoms with Gasteiger partial charge in [0, 0.05) is 5.69 Å². The fourth-order valence-corrected chi connectivity index (χ4v) is 2.35. The Bertz CT molecular complexity index is 730. The van der Waals surface area contributed by atoms with E-state index in [0.717, 1.165) is 12.8 Å². The third kappa shape index (κ3) is 4.73. The molecule has 0 unspecified atom stereocenters. The molecule has 0 aliphatic carbocycles. The number of halogens is 2. The highest BCUT2D eigenvalue weighted by atomic mass is 35.5. The molecule has 0 atom stereocenters. The number of hydrogen-bond donors (Lipinski definition) is 1. The molecule has 0 fully saturated rings. The first-order valence-corrected chi connectivity index (χ1v) is 8.31. The Hall–Kier alpha value is -2.04. The molecule has 0 aliphatic heterocycles. The van der Waals surface area contributed by atoms with Crippen LogP contribution in [0.15, 0.2) is 42.5 Å². The van der Waals surface area contributed by atoms with Crippen molar-refractivity contribution in [1.82, 2.24) is 0 Å². The summed E-state index contributed by atoms with van der Waals surface area (Å²) in [5.41, 5.74) is 1.26. The maximum Gasteiger partial charge on any atom is 0.338 e. The summed E-state index contributed by atoms with van der Waals surface area (Å²) in [6.45, 7) is 2.43. The van der Waals surface area contributed by atoms with Crippen molar-refractivity contribution < 1.29 is 14.3 Å². The van der Waals surface area contributed by atoms with Crippen LogP contribution in [0.2, 0.25) is 10.0 Å². The molecule has 0 heterocycles. The van der Waals surface area contributed by atoms with Crippen LogP contribution in [0.1, 0.15) is 40.5 Å². The molecule has 126 valence electrons. The zero-order chi connectivity index (χ0) is 17.5. The largest absolute Gasteiger partial charge is 0.462 e. The van der Waals surface area contributed by atoms with Crippen molar-refractivity contribution in [3.8, 4) is 0 Å². The van der Waals surface area contributed by atoms with Gasteiger partial charge in [-0.05, 0) is 42.8 Å². The van der Waals surface area contributed by atoms with Gasteiger partial charge in [-0.25, -0.2) is 4.79 Å². The fraction of sp³-hybridized carbons (Fsp3) is 0.222. The van der Waals surface area contributed by atoms with E-state index in [1.165, 1.54) is 0 Å². The number of nitrogens with one attached hydrogen (secondary N) is 1. The fourth-order valence-electron chi connectivity index (χ4n) is 1.96. The zero-order valence-corrected chi connectivity index (χ0v) is 14.7. The molecule has 2 rings (SSSR count). The SMILES string of the molecule is CCCCOC(=O)c1ccc(NC(=O)c2cccc(Cl)c2Cl)cc1. The molecule has 1 amide bonds. The molecular weight excluding hydrogens is 349 g/mol. The Morgan fingerprint density at radius 1 is 1.08 bits per heavy atom. The van der Waals surface area contributed by atoms with Crippen LogP contribution >= 0.6 is 23.2 Å². The summed E-state index contributed by atoms with van der Waals surface area (Å²) < 4.78 is 5.13. The van der Waals surface area contributed by atoms with Crippen molar-refractivity contribution in [2.24, 2.45) is 0 Å². The third-order valence-electron chi connectivity index (χ3n) is 3.31. The first kappa shape index (κ1) is 18.3. The number of carbonyl (C=O) groups is 2. The molecule has 4 nitrogen and oxygen atoms in total. The first-order valence-electron chi connectivity index (χ1n) is 7.55. The van der Waals surface area contributed by atoms with Crippen molar-refractivity contribution in [1.29, 1.82) is 0 Å². The van der Waals surface area contributed by atoms with E-state index in [9.17, 15) is 9.59 Å². The Kier molecular flexibility index (Phi) is 6.64. The smallest absolute Gasteiger partial charge is 0.338 e. The third-order valence-corrected chi connectivity index (χ3v) is 4.12. The lowest BCUT2D eigenvalue weighted by molar-refractivity contribution is 0.0499. The molecular formula is C18H17Cl2NO3. The van der Waals surface area contributed by atoms with Crippen LogP contribution < -0.4 is 5.32 Å². The van der Waals surface area contributed by atoms with Gasteiger partial charge in [0.15, 0.2) is 0 Å². The van der Waals surface area contributed by atoms with Gasteiger partial charge in [0.1, 0.15) is 0 Å². The minimum atomic E-state index is -0.376. The second kappa shape index (κ2) is 8.71. The summed E-state index contributed by atoms with van der Waals surface area (Å²) in [7, 11) is 0. The van der Waals surface area contributed by atoms with Crippen LogP contribution in [-0.2, 0) is 4.74 Å². The van der Waals surface area contributed by atoms with Crippen LogP contribution in [-0.4, -0.2) is 18.5 Å². The average Bonchev–Trinajstić information content (AvgIpc) is 2.58. The summed E-state index contributed by atoms with van der Waals surface area (Å²) in [5.74, 6) is -0.750. The molecule has 1 N–H and O–H groups in total. The Balaban J connectivity index is 2.02. The molecule has 0 saturated heterocycles. The molecule has 0 aliphatic rings. The maximum absolute atomic E-state index is 12.2. The number of benzene rings is 2. The molecule has 6 heteroatoms. The standard InChI is InChI=1S/C18H17Cl2NO3/c1-2-3-11-24-18(23)12-7-9-13(10-8-12)21-17(22)14-5-4-6-15(19)16(14)20/h4-10H,2-3,11H2,1H3,(H,21,22). The van der Waals surface area contributed by atoms with Gasteiger partial charge in [-0.1, -0.05) is 42.6 Å². The van der Waals surface area contributed by atoms with Gasteiger partial charge < -0.3 is 10.1 Å². The number of unbranched alkanes of at least 4 members (excludes halogenated alkanes) is 1. The highest BCUT2D eigenvalue weighted by Gasteiger charge is 2.13. The van der Waals surface area contributed by atoms with Gasteiger partial charge in [0.2, 0.25) is 0 Å². The van der Waals surface area contributed by atoms with Crippen LogP contribution in [0.4, 0.5) is 5.69 Å². The van der Waals surface area contributed by atoms with Crippen LogP contribution in [0.25, 0.3) is 0 Å². The number of anilines is 1. The lowest BCUT2D eigenvalue weighted by Gasteiger charge is -2.08. The Morgan fingerprint density at radius 2 is 1.79 bits per heavy atom. The number of carbonyl (C=O) groups excluding carboxylic acids is 2. The van der Waals surface area contributed by atoms with Gasteiger partial charge in [-0.15, -0.1) is 0 Å². The van der Waals surface area contributed by atoms with E-state index in [2.05, 4.69) is 5.32 Å². The first-order chi connectivity index (χ1) is 11.5. The Morgan fingerprint density at radius 3 is 2.46 bits per heavy atom. The average molecular weight is 366 g/mol. The lowest BCUT2D eigenvalue weighted by Crippen LogP contribution is -2.13. The van der Waals surface area contributed by atoms with Crippen molar-refractivity contribution in [2.75, 3.05) is 11.9 Å². The highest BCUT2D eigenvalue weighted by Crippen LogP contribution is 2.26. The number of hydrogen-bond acceptors (Lipinski definition) is 3. The predicted octanol–water partition coefficient (Wildman–Crippen LogP) is 5.20. The van der Waals surface area contributed by atoms with Crippen molar-refractivity contribution in [3.05, 3.63) is 63.6 Å². The summed E-state index contributed by atoms with van der Waals surface area (Å²) in [6, 6.07) is 11.3. The van der Waals surface area contributed by atoms with E-state index >= 15 is 0 Å². The maximum atomic E-state index is 12.2. The van der Waals surface area contributed by atoms with Crippen molar-refractivity contribution >= 4 is 40.8 Å². The molecule has 2 aromatic carbocycles. The monoisotopic (exact) mass is 365 g/mol. The van der Waals surface area contributed by atoms with E-state index in [4.69, 9.17) is 27.9 Å². The van der Waals surface area contributed by atoms with E-state index < -0.39 is 0 Å². The van der Waals surface area contributed by atoms with Crippen LogP contribution in [0.3, 0.4) is 0 Å². The van der Waals surface area contributed by atoms with E-state index in [1.807, 2.05) is 6.92 Å². The second-order valence-corrected chi connectivity index (χ2v) is 5.91. The van der Waals surface area contributed by atoms with Crippen molar-refractivity contribution in [2.45, 2.75) is 19.8 Å². The minimum Gasteiger partial charge on any atom is -0.462 e. The summed E-state index contributed by atoms with van der Waals surface area (Å²) >= 11 is 11.9. The van der Waals surface area contributed by atoms with Crippen LogP contribution in [0.5, 0.6) is 0 Å². The topological polar surface area (TPSA) is 55.4 Å². The zero-order valence-electron chi connectivity index (χ0n) is 13.1. The summed E-state index contributed by atoms with van der Waals surface area (Å²) in [5, 5.41) is 3.23. The lowest BCUT2D eigenvalue weighted by atomic mass is 10.2. The summed E-state index contributed by atoms with van der Waals surface area (Å²) in [4.78, 5) is 24.0. The van der Waals surface area contributed by atoms with E-state index in [-0.39, 0.29) is 22.5 Å². The van der Waals surface area contributed by atoms with Gasteiger partial charge in [0.25, 0.3) is 5.91 Å². The molecule has 24 heavy (non-hydrogen) atoms. The molecule has 0 spiro atoms. The van der Waals surface area contributed by atoms with Crippen molar-refractivity contribution in [3.63, 3.8) is 0 Å². The Labute approximate surface area is 150 Å². The molecule has 0 aromatic heterocycles. The van der Waals surface area contributed by atoms with E-state index in [1.54, 1.807) is 42.5 Å². The quantitative estimate of drug-likeness (QED) is 0.565. The molecule has 2 aromatic rings. The van der Waals surface area contributed by atoms with Gasteiger partial charge in [-0.3, -0.25) is 4.79 Å². The second-order valence-electron chi connectivity index (χ2n) is 5.12. The highest BCUT2D eigenvalue weighted by molar-refractivity contribution is 6.44. The number of amides is 1. The van der Waals surface area contributed by atoms with Crippen LogP contribution in [0, 0.1) is 0 Å². The number of esters is 1. The molecule has 0 bridgehead atoms.